The summed E-state index contributed by atoms with van der Waals surface area (Å²) in [5.41, 5.74) is 3.22. The number of hydrogen-bond acceptors (Lipinski definition) is 5. The summed E-state index contributed by atoms with van der Waals surface area (Å²) in [6, 6.07) is 19.0. The molecule has 29 heavy (non-hydrogen) atoms. The van der Waals surface area contributed by atoms with Crippen molar-refractivity contribution in [1.29, 1.82) is 0 Å². The van der Waals surface area contributed by atoms with E-state index in [-0.39, 0.29) is 13.2 Å². The van der Waals surface area contributed by atoms with Gasteiger partial charge in [-0.05, 0) is 55.0 Å². The van der Waals surface area contributed by atoms with Crippen LogP contribution in [-0.4, -0.2) is 17.8 Å². The number of aryl methyl sites for hydroxylation is 1. The number of carbonyl (C=O) groups is 1. The van der Waals surface area contributed by atoms with E-state index in [1.807, 2.05) is 49.4 Å². The van der Waals surface area contributed by atoms with Crippen LogP contribution in [0.1, 0.15) is 16.7 Å². The zero-order valence-corrected chi connectivity index (χ0v) is 15.9. The van der Waals surface area contributed by atoms with Crippen LogP contribution in [0.5, 0.6) is 11.5 Å². The molecule has 5 rings (SSSR count). The summed E-state index contributed by atoms with van der Waals surface area (Å²) in [6.07, 6.45) is 0.135. The lowest BCUT2D eigenvalue weighted by Gasteiger charge is -2.22. The Morgan fingerprint density at radius 3 is 2.59 bits per heavy atom. The minimum Gasteiger partial charge on any atom is -0.454 e. The summed E-state index contributed by atoms with van der Waals surface area (Å²) in [4.78, 5) is 12.7. The van der Waals surface area contributed by atoms with Crippen molar-refractivity contribution < 1.29 is 19.4 Å². The zero-order valence-electron chi connectivity index (χ0n) is 15.9. The Kier molecular flexibility index (Phi) is 3.96. The minimum absolute atomic E-state index is 0.135. The molecule has 1 unspecified atom stereocenters. The number of amides is 1. The number of hydrogen-bond donors (Lipinski definition) is 3. The highest BCUT2D eigenvalue weighted by atomic mass is 16.7. The van der Waals surface area contributed by atoms with Gasteiger partial charge in [0.1, 0.15) is 0 Å². The van der Waals surface area contributed by atoms with Gasteiger partial charge in [-0.1, -0.05) is 23.8 Å². The summed E-state index contributed by atoms with van der Waals surface area (Å²) < 4.78 is 10.7. The van der Waals surface area contributed by atoms with Crippen molar-refractivity contribution in [3.05, 3.63) is 77.4 Å². The van der Waals surface area contributed by atoms with Gasteiger partial charge in [0, 0.05) is 29.0 Å². The Bertz CT molecular complexity index is 1110. The third-order valence-corrected chi connectivity index (χ3v) is 5.33. The van der Waals surface area contributed by atoms with Crippen LogP contribution in [0.15, 0.2) is 60.7 Å². The number of benzene rings is 3. The fourth-order valence-corrected chi connectivity index (χ4v) is 3.75. The van der Waals surface area contributed by atoms with Crippen LogP contribution < -0.4 is 20.1 Å². The standard InChI is InChI=1S/C23H20N2O4/c1-14-2-5-16(6-3-14)24-17-7-8-19-18(11-17)23(27,22(26)25-19)12-15-4-9-20-21(10-15)29-13-28-20/h2-11,24,27H,12-13H2,1H3,(H,25,26). The molecule has 1 amide bonds. The van der Waals surface area contributed by atoms with Crippen molar-refractivity contribution in [3.8, 4) is 11.5 Å². The molecule has 0 spiro atoms. The first kappa shape index (κ1) is 17.6. The maximum absolute atomic E-state index is 12.7. The second kappa shape index (κ2) is 6.53. The van der Waals surface area contributed by atoms with Gasteiger partial charge >= 0.3 is 0 Å². The monoisotopic (exact) mass is 388 g/mol. The lowest BCUT2D eigenvalue weighted by atomic mass is 9.88. The van der Waals surface area contributed by atoms with Gasteiger partial charge in [-0.2, -0.15) is 0 Å². The lowest BCUT2D eigenvalue weighted by molar-refractivity contribution is -0.133. The van der Waals surface area contributed by atoms with Crippen molar-refractivity contribution >= 4 is 23.0 Å². The summed E-state index contributed by atoms with van der Waals surface area (Å²) in [5.74, 6) is 0.860. The Morgan fingerprint density at radius 2 is 1.76 bits per heavy atom. The molecule has 0 saturated heterocycles. The average molecular weight is 388 g/mol. The smallest absolute Gasteiger partial charge is 0.261 e. The van der Waals surface area contributed by atoms with Crippen molar-refractivity contribution in [2.45, 2.75) is 18.9 Å². The van der Waals surface area contributed by atoms with E-state index in [2.05, 4.69) is 10.6 Å². The maximum Gasteiger partial charge on any atom is 0.261 e. The second-order valence-corrected chi connectivity index (χ2v) is 7.43. The molecule has 1 atom stereocenters. The first-order valence-corrected chi connectivity index (χ1v) is 9.42. The van der Waals surface area contributed by atoms with Gasteiger partial charge in [-0.15, -0.1) is 0 Å². The van der Waals surface area contributed by atoms with E-state index in [1.165, 1.54) is 5.56 Å². The van der Waals surface area contributed by atoms with Crippen molar-refractivity contribution in [2.75, 3.05) is 17.4 Å². The number of nitrogens with one attached hydrogen (secondary N) is 2. The van der Waals surface area contributed by atoms with E-state index < -0.39 is 11.5 Å². The van der Waals surface area contributed by atoms with Gasteiger partial charge in [0.15, 0.2) is 17.1 Å². The van der Waals surface area contributed by atoms with Gasteiger partial charge in [0.05, 0.1) is 0 Å². The molecule has 0 fully saturated rings. The molecule has 0 saturated carbocycles. The first-order valence-electron chi connectivity index (χ1n) is 9.42. The van der Waals surface area contributed by atoms with Crippen LogP contribution in [0, 0.1) is 6.92 Å². The van der Waals surface area contributed by atoms with Crippen LogP contribution in [0.25, 0.3) is 0 Å². The van der Waals surface area contributed by atoms with Crippen molar-refractivity contribution in [1.82, 2.24) is 0 Å². The normalized spacial score (nSPS) is 19.0. The SMILES string of the molecule is Cc1ccc(Nc2ccc3c(c2)C(O)(Cc2ccc4c(c2)OCO4)C(=O)N3)cc1. The summed E-state index contributed by atoms with van der Waals surface area (Å²) in [7, 11) is 0. The highest BCUT2D eigenvalue weighted by molar-refractivity contribution is 6.05. The molecule has 3 aromatic rings. The largest absolute Gasteiger partial charge is 0.454 e. The molecule has 2 heterocycles. The Balaban J connectivity index is 1.46. The number of carbonyl (C=O) groups excluding carboxylic acids is 1. The van der Waals surface area contributed by atoms with Gasteiger partial charge < -0.3 is 25.2 Å². The van der Waals surface area contributed by atoms with Crippen LogP contribution in [-0.2, 0) is 16.8 Å². The van der Waals surface area contributed by atoms with Crippen LogP contribution in [0.4, 0.5) is 17.1 Å². The molecule has 0 aromatic heterocycles. The fraction of sp³-hybridized carbons (Fsp3) is 0.174. The average Bonchev–Trinajstić information content (AvgIpc) is 3.27. The van der Waals surface area contributed by atoms with Crippen LogP contribution >= 0.6 is 0 Å². The molecule has 2 aliphatic heterocycles. The second-order valence-electron chi connectivity index (χ2n) is 7.43. The fourth-order valence-electron chi connectivity index (χ4n) is 3.75. The topological polar surface area (TPSA) is 79.8 Å². The molecule has 146 valence electrons. The highest BCUT2D eigenvalue weighted by Crippen LogP contribution is 2.41. The maximum atomic E-state index is 12.7. The van der Waals surface area contributed by atoms with E-state index in [9.17, 15) is 9.90 Å². The number of aliphatic hydroxyl groups is 1. The minimum atomic E-state index is -1.66. The number of ether oxygens (including phenoxy) is 2. The molecule has 3 N–H and O–H groups in total. The van der Waals surface area contributed by atoms with Gasteiger partial charge in [-0.25, -0.2) is 0 Å². The number of fused-ring (bicyclic) bond motifs is 2. The predicted molar refractivity (Wildman–Crippen MR) is 110 cm³/mol. The van der Waals surface area contributed by atoms with Gasteiger partial charge in [0.2, 0.25) is 6.79 Å². The quantitative estimate of drug-likeness (QED) is 0.633. The highest BCUT2D eigenvalue weighted by Gasteiger charge is 2.45. The Morgan fingerprint density at radius 1 is 1.00 bits per heavy atom. The summed E-state index contributed by atoms with van der Waals surface area (Å²) >= 11 is 0. The van der Waals surface area contributed by atoms with Gasteiger partial charge in [-0.3, -0.25) is 4.79 Å². The van der Waals surface area contributed by atoms with Crippen LogP contribution in [0.2, 0.25) is 0 Å². The lowest BCUT2D eigenvalue weighted by Crippen LogP contribution is -2.36. The van der Waals surface area contributed by atoms with Crippen molar-refractivity contribution in [3.63, 3.8) is 0 Å². The van der Waals surface area contributed by atoms with E-state index in [0.717, 1.165) is 16.9 Å². The van der Waals surface area contributed by atoms with Crippen LogP contribution in [0.3, 0.4) is 0 Å². The molecule has 2 aliphatic rings. The van der Waals surface area contributed by atoms with E-state index in [4.69, 9.17) is 9.47 Å². The Hall–Kier alpha value is -3.51. The third-order valence-electron chi connectivity index (χ3n) is 5.33. The molecule has 0 radical (unpaired) electrons. The molecule has 0 aliphatic carbocycles. The molecule has 3 aromatic carbocycles. The number of anilines is 3. The summed E-state index contributed by atoms with van der Waals surface area (Å²) in [5, 5.41) is 17.4. The third kappa shape index (κ3) is 3.07. The van der Waals surface area contributed by atoms with E-state index in [0.29, 0.717) is 22.7 Å². The number of rotatable bonds is 4. The predicted octanol–water partition coefficient (Wildman–Crippen LogP) is 3.85. The molecule has 0 bridgehead atoms. The van der Waals surface area contributed by atoms with E-state index >= 15 is 0 Å². The zero-order chi connectivity index (χ0) is 20.0. The molecular weight excluding hydrogens is 368 g/mol. The molecule has 6 nitrogen and oxygen atoms in total. The Labute approximate surface area is 168 Å². The molecular formula is C23H20N2O4. The van der Waals surface area contributed by atoms with Gasteiger partial charge in [0.25, 0.3) is 5.91 Å². The summed E-state index contributed by atoms with van der Waals surface area (Å²) in [6.45, 7) is 2.22. The van der Waals surface area contributed by atoms with E-state index in [1.54, 1.807) is 18.2 Å². The first-order chi connectivity index (χ1) is 14.0. The molecule has 6 heteroatoms. The van der Waals surface area contributed by atoms with Crippen molar-refractivity contribution in [2.24, 2.45) is 0 Å².